The third kappa shape index (κ3) is 3.70. The lowest BCUT2D eigenvalue weighted by Gasteiger charge is -2.02. The minimum Gasteiger partial charge on any atom is -0.465 e. The van der Waals surface area contributed by atoms with Crippen molar-refractivity contribution in [3.63, 3.8) is 0 Å². The second-order valence-corrected chi connectivity index (χ2v) is 4.23. The molecule has 0 saturated carbocycles. The Balaban J connectivity index is 2.61. The van der Waals surface area contributed by atoms with E-state index in [1.807, 2.05) is 6.92 Å². The molecule has 0 aliphatic heterocycles. The van der Waals surface area contributed by atoms with Gasteiger partial charge in [-0.3, -0.25) is 4.79 Å². The number of anilines is 1. The van der Waals surface area contributed by atoms with Crippen LogP contribution in [-0.2, 0) is 9.53 Å². The summed E-state index contributed by atoms with van der Waals surface area (Å²) in [5, 5.41) is 6.05. The number of methoxy groups -OCH3 is 1. The second kappa shape index (κ2) is 6.19. The number of likely N-dealkylation sites (N-methyl/N-ethyl adjacent to an activating group) is 1. The third-order valence-electron chi connectivity index (χ3n) is 1.94. The standard InChI is InChI=1S/C10H15N3O3S/c1-4-11-7(14)5-12-10-13-6(2)8(17-10)9(15)16-3/h4-5H2,1-3H3,(H,11,14)(H,12,13). The van der Waals surface area contributed by atoms with E-state index in [1.165, 1.54) is 18.4 Å². The highest BCUT2D eigenvalue weighted by atomic mass is 32.1. The molecule has 1 amide bonds. The predicted octanol–water partition coefficient (Wildman–Crippen LogP) is 0.786. The van der Waals surface area contributed by atoms with Gasteiger partial charge >= 0.3 is 5.97 Å². The van der Waals surface area contributed by atoms with Crippen LogP contribution in [-0.4, -0.2) is 37.1 Å². The van der Waals surface area contributed by atoms with E-state index in [0.29, 0.717) is 22.2 Å². The quantitative estimate of drug-likeness (QED) is 0.762. The summed E-state index contributed by atoms with van der Waals surface area (Å²) >= 11 is 1.18. The molecule has 0 radical (unpaired) electrons. The molecule has 0 saturated heterocycles. The van der Waals surface area contributed by atoms with Crippen LogP contribution >= 0.6 is 11.3 Å². The van der Waals surface area contributed by atoms with Crippen molar-refractivity contribution in [2.24, 2.45) is 0 Å². The molecule has 1 aromatic rings. The zero-order valence-corrected chi connectivity index (χ0v) is 10.8. The molecule has 7 heteroatoms. The highest BCUT2D eigenvalue weighted by Crippen LogP contribution is 2.22. The number of aryl methyl sites for hydroxylation is 1. The summed E-state index contributed by atoms with van der Waals surface area (Å²) in [6.45, 7) is 4.30. The molecule has 0 fully saturated rings. The largest absolute Gasteiger partial charge is 0.465 e. The van der Waals surface area contributed by atoms with Crippen LogP contribution in [0.1, 0.15) is 22.3 Å². The summed E-state index contributed by atoms with van der Waals surface area (Å²) in [6, 6.07) is 0. The summed E-state index contributed by atoms with van der Waals surface area (Å²) in [7, 11) is 1.32. The molecule has 2 N–H and O–H groups in total. The summed E-state index contributed by atoms with van der Waals surface area (Å²) in [5.74, 6) is -0.522. The first-order chi connectivity index (χ1) is 8.08. The SMILES string of the molecule is CCNC(=O)CNc1nc(C)c(C(=O)OC)s1. The van der Waals surface area contributed by atoms with Gasteiger partial charge in [-0.1, -0.05) is 11.3 Å². The second-order valence-electron chi connectivity index (χ2n) is 3.23. The van der Waals surface area contributed by atoms with Crippen LogP contribution < -0.4 is 10.6 Å². The Kier molecular flexibility index (Phi) is 4.89. The zero-order valence-electron chi connectivity index (χ0n) is 9.99. The fraction of sp³-hybridized carbons (Fsp3) is 0.500. The van der Waals surface area contributed by atoms with Gasteiger partial charge in [-0.2, -0.15) is 0 Å². The number of nitrogens with one attached hydrogen (secondary N) is 2. The number of ether oxygens (including phenoxy) is 1. The third-order valence-corrected chi connectivity index (χ3v) is 3.04. The van der Waals surface area contributed by atoms with Gasteiger partial charge in [-0.15, -0.1) is 0 Å². The number of aromatic nitrogens is 1. The van der Waals surface area contributed by atoms with Gasteiger partial charge in [0.2, 0.25) is 5.91 Å². The molecule has 1 rings (SSSR count). The first-order valence-electron chi connectivity index (χ1n) is 5.14. The Morgan fingerprint density at radius 1 is 1.47 bits per heavy atom. The molecule has 0 atom stereocenters. The topological polar surface area (TPSA) is 80.3 Å². The number of esters is 1. The van der Waals surface area contributed by atoms with Crippen molar-refractivity contribution >= 4 is 28.3 Å². The molecule has 0 aliphatic carbocycles. The lowest BCUT2D eigenvalue weighted by atomic mass is 10.4. The van der Waals surface area contributed by atoms with Crippen LogP contribution in [0.3, 0.4) is 0 Å². The molecule has 0 unspecified atom stereocenters. The van der Waals surface area contributed by atoms with Gasteiger partial charge in [0.05, 0.1) is 19.3 Å². The molecule has 1 aromatic heterocycles. The number of hydrogen-bond acceptors (Lipinski definition) is 6. The molecule has 1 heterocycles. The predicted molar refractivity (Wildman–Crippen MR) is 65.4 cm³/mol. The van der Waals surface area contributed by atoms with E-state index in [4.69, 9.17) is 0 Å². The van der Waals surface area contributed by atoms with E-state index in [2.05, 4.69) is 20.4 Å². The minimum absolute atomic E-state index is 0.111. The smallest absolute Gasteiger partial charge is 0.350 e. The summed E-state index contributed by atoms with van der Waals surface area (Å²) in [6.07, 6.45) is 0. The van der Waals surface area contributed by atoms with Gasteiger partial charge in [0.15, 0.2) is 5.13 Å². The Labute approximate surface area is 103 Å². The normalized spacial score (nSPS) is 9.82. The molecule has 0 aliphatic rings. The Morgan fingerprint density at radius 2 is 2.18 bits per heavy atom. The Hall–Kier alpha value is -1.63. The van der Waals surface area contributed by atoms with Crippen LogP contribution in [0, 0.1) is 6.92 Å². The van der Waals surface area contributed by atoms with Crippen molar-refractivity contribution in [3.8, 4) is 0 Å². The fourth-order valence-electron chi connectivity index (χ4n) is 1.17. The average molecular weight is 257 g/mol. The maximum atomic E-state index is 11.3. The van der Waals surface area contributed by atoms with E-state index in [1.54, 1.807) is 6.92 Å². The number of nitrogens with zero attached hydrogens (tertiary/aromatic N) is 1. The molecule has 6 nitrogen and oxygen atoms in total. The van der Waals surface area contributed by atoms with E-state index in [0.717, 1.165) is 0 Å². The maximum Gasteiger partial charge on any atom is 0.350 e. The van der Waals surface area contributed by atoms with E-state index in [9.17, 15) is 9.59 Å². The van der Waals surface area contributed by atoms with Gasteiger partial charge in [-0.25, -0.2) is 9.78 Å². The first kappa shape index (κ1) is 13.4. The Bertz CT molecular complexity index is 417. The van der Waals surface area contributed by atoms with Gasteiger partial charge in [-0.05, 0) is 13.8 Å². The van der Waals surface area contributed by atoms with E-state index < -0.39 is 5.97 Å². The van der Waals surface area contributed by atoms with Gasteiger partial charge in [0.1, 0.15) is 4.88 Å². The van der Waals surface area contributed by atoms with Crippen LogP contribution in [0.5, 0.6) is 0 Å². The summed E-state index contributed by atoms with van der Waals surface area (Å²) < 4.78 is 4.62. The highest BCUT2D eigenvalue weighted by Gasteiger charge is 2.15. The van der Waals surface area contributed by atoms with Crippen LogP contribution in [0.25, 0.3) is 0 Å². The van der Waals surface area contributed by atoms with E-state index in [-0.39, 0.29) is 12.5 Å². The van der Waals surface area contributed by atoms with Gasteiger partial charge < -0.3 is 15.4 Å². The molecular formula is C10H15N3O3S. The number of hydrogen-bond donors (Lipinski definition) is 2. The number of carbonyl (C=O) groups is 2. The van der Waals surface area contributed by atoms with Crippen molar-refractivity contribution in [1.29, 1.82) is 0 Å². The van der Waals surface area contributed by atoms with Crippen molar-refractivity contribution in [2.75, 3.05) is 25.5 Å². The van der Waals surface area contributed by atoms with Crippen LogP contribution in [0.2, 0.25) is 0 Å². The molecular weight excluding hydrogens is 242 g/mol. The number of carbonyl (C=O) groups excluding carboxylic acids is 2. The number of thiazole rings is 1. The number of amides is 1. The zero-order chi connectivity index (χ0) is 12.8. The molecule has 0 aromatic carbocycles. The maximum absolute atomic E-state index is 11.3. The lowest BCUT2D eigenvalue weighted by molar-refractivity contribution is -0.119. The number of rotatable bonds is 5. The summed E-state index contributed by atoms with van der Waals surface area (Å²) in [5.41, 5.74) is 0.597. The first-order valence-corrected chi connectivity index (χ1v) is 5.96. The van der Waals surface area contributed by atoms with Crippen molar-refractivity contribution < 1.29 is 14.3 Å². The monoisotopic (exact) mass is 257 g/mol. The molecule has 94 valence electrons. The minimum atomic E-state index is -0.411. The molecule has 17 heavy (non-hydrogen) atoms. The van der Waals surface area contributed by atoms with Crippen molar-refractivity contribution in [1.82, 2.24) is 10.3 Å². The molecule has 0 spiro atoms. The van der Waals surface area contributed by atoms with Crippen LogP contribution in [0.15, 0.2) is 0 Å². The fourth-order valence-corrected chi connectivity index (χ4v) is 2.05. The Morgan fingerprint density at radius 3 is 2.76 bits per heavy atom. The van der Waals surface area contributed by atoms with Crippen molar-refractivity contribution in [2.45, 2.75) is 13.8 Å². The van der Waals surface area contributed by atoms with Gasteiger partial charge in [0, 0.05) is 6.54 Å². The van der Waals surface area contributed by atoms with Crippen LogP contribution in [0.4, 0.5) is 5.13 Å². The average Bonchev–Trinajstić information content (AvgIpc) is 2.67. The van der Waals surface area contributed by atoms with E-state index >= 15 is 0 Å². The lowest BCUT2D eigenvalue weighted by Crippen LogP contribution is -2.29. The van der Waals surface area contributed by atoms with Gasteiger partial charge in [0.25, 0.3) is 0 Å². The molecule has 0 bridgehead atoms. The summed E-state index contributed by atoms with van der Waals surface area (Å²) in [4.78, 5) is 27.1. The highest BCUT2D eigenvalue weighted by molar-refractivity contribution is 7.17. The van der Waals surface area contributed by atoms with Crippen molar-refractivity contribution in [3.05, 3.63) is 10.6 Å².